The smallest absolute Gasteiger partial charge is 0.417 e. The number of ether oxygens (including phenoxy) is 1. The van der Waals surface area contributed by atoms with E-state index in [0.717, 1.165) is 33.8 Å². The number of piperidine rings is 1. The predicted octanol–water partition coefficient (Wildman–Crippen LogP) is 4.04. The summed E-state index contributed by atoms with van der Waals surface area (Å²) in [4.78, 5) is 11.7. The largest absolute Gasteiger partial charge is 0.461 e. The first-order chi connectivity index (χ1) is 16.2. The van der Waals surface area contributed by atoms with E-state index < -0.39 is 38.5 Å². The number of halogens is 3. The fourth-order valence-corrected chi connectivity index (χ4v) is 5.52. The molecule has 0 bridgehead atoms. The van der Waals surface area contributed by atoms with Crippen molar-refractivity contribution in [2.24, 2.45) is 5.92 Å². The van der Waals surface area contributed by atoms with Gasteiger partial charge in [0.1, 0.15) is 6.61 Å². The average molecular weight is 494 g/mol. The van der Waals surface area contributed by atoms with E-state index in [1.807, 2.05) is 30.5 Å². The van der Waals surface area contributed by atoms with Crippen LogP contribution in [0.15, 0.2) is 71.9 Å². The highest BCUT2D eigenvalue weighted by molar-refractivity contribution is 7.89. The quantitative estimate of drug-likeness (QED) is 0.485. The zero-order valence-electron chi connectivity index (χ0n) is 18.0. The number of rotatable bonds is 6. The molecule has 0 unspecified atom stereocenters. The number of sulfonamides is 1. The first-order valence-corrected chi connectivity index (χ1v) is 12.0. The molecule has 4 rings (SSSR count). The van der Waals surface area contributed by atoms with Gasteiger partial charge in [0.25, 0.3) is 0 Å². The zero-order chi connectivity index (χ0) is 24.3. The first-order valence-electron chi connectivity index (χ1n) is 10.6. The minimum atomic E-state index is -4.79. The molecule has 34 heavy (non-hydrogen) atoms. The number of hydrogen-bond donors (Lipinski definition) is 0. The molecule has 1 aliphatic rings. The highest BCUT2D eigenvalue weighted by Crippen LogP contribution is 2.36. The van der Waals surface area contributed by atoms with Gasteiger partial charge in [-0.25, -0.2) is 13.1 Å². The molecule has 0 radical (unpaired) electrons. The predicted molar refractivity (Wildman–Crippen MR) is 116 cm³/mol. The number of carbonyl (C=O) groups is 1. The van der Waals surface area contributed by atoms with Crippen LogP contribution in [0, 0.1) is 5.92 Å². The van der Waals surface area contributed by atoms with Crippen molar-refractivity contribution in [1.82, 2.24) is 14.1 Å². The molecule has 0 atom stereocenters. The number of benzene rings is 2. The number of aromatic nitrogens is 2. The maximum Gasteiger partial charge on any atom is 0.417 e. The molecular weight excluding hydrogens is 471 g/mol. The second-order valence-electron chi connectivity index (χ2n) is 7.90. The molecule has 0 aliphatic carbocycles. The van der Waals surface area contributed by atoms with Gasteiger partial charge in [0.2, 0.25) is 10.0 Å². The van der Waals surface area contributed by atoms with Crippen LogP contribution >= 0.6 is 0 Å². The van der Waals surface area contributed by atoms with Crippen LogP contribution in [0.2, 0.25) is 0 Å². The summed E-state index contributed by atoms with van der Waals surface area (Å²) in [6.45, 7) is -0.0601. The number of nitrogens with zero attached hydrogens (tertiary/aromatic N) is 3. The third kappa shape index (κ3) is 5.15. The first kappa shape index (κ1) is 24.0. The molecule has 0 saturated carbocycles. The third-order valence-corrected chi connectivity index (χ3v) is 7.64. The standard InChI is InChI=1S/C23H22F3N3O4S/c24-23(25,26)20-4-1-2-5-21(20)34(31,32)28-14-10-18(11-15-28)22(30)33-16-17-6-8-19(9-7-17)29-13-3-12-27-29/h1-9,12-13,18H,10-11,14-16H2. The van der Waals surface area contributed by atoms with Crippen molar-refractivity contribution in [3.05, 3.63) is 78.1 Å². The Morgan fingerprint density at radius 3 is 2.32 bits per heavy atom. The van der Waals surface area contributed by atoms with E-state index in [-0.39, 0.29) is 32.5 Å². The monoisotopic (exact) mass is 493 g/mol. The molecule has 3 aromatic rings. The van der Waals surface area contributed by atoms with Gasteiger partial charge in [-0.05, 0) is 48.7 Å². The van der Waals surface area contributed by atoms with Gasteiger partial charge in [0.15, 0.2) is 0 Å². The maximum absolute atomic E-state index is 13.3. The lowest BCUT2D eigenvalue weighted by molar-refractivity contribution is -0.151. The Morgan fingerprint density at radius 2 is 1.71 bits per heavy atom. The van der Waals surface area contributed by atoms with E-state index in [4.69, 9.17) is 4.74 Å². The Kier molecular flexibility index (Phi) is 6.76. The third-order valence-electron chi connectivity index (χ3n) is 5.68. The van der Waals surface area contributed by atoms with Crippen LogP contribution in [0.5, 0.6) is 0 Å². The Labute approximate surface area is 194 Å². The molecule has 1 aromatic heterocycles. The Hall–Kier alpha value is -3.18. The summed E-state index contributed by atoms with van der Waals surface area (Å²) in [5, 5.41) is 4.14. The van der Waals surface area contributed by atoms with Crippen LogP contribution in [-0.2, 0) is 32.3 Å². The SMILES string of the molecule is O=C(OCc1ccc(-n2cccn2)cc1)C1CCN(S(=O)(=O)c2ccccc2C(F)(F)F)CC1. The van der Waals surface area contributed by atoms with Crippen molar-refractivity contribution >= 4 is 16.0 Å². The molecule has 2 aromatic carbocycles. The zero-order valence-corrected chi connectivity index (χ0v) is 18.8. The summed E-state index contributed by atoms with van der Waals surface area (Å²) in [7, 11) is -4.35. The van der Waals surface area contributed by atoms with E-state index >= 15 is 0 Å². The average Bonchev–Trinajstić information content (AvgIpc) is 3.37. The number of hydrogen-bond acceptors (Lipinski definition) is 5. The van der Waals surface area contributed by atoms with Gasteiger partial charge in [0.05, 0.1) is 22.1 Å². The molecule has 0 N–H and O–H groups in total. The van der Waals surface area contributed by atoms with Crippen molar-refractivity contribution in [3.63, 3.8) is 0 Å². The summed E-state index contributed by atoms with van der Waals surface area (Å²) in [6.07, 6.45) is -0.970. The van der Waals surface area contributed by atoms with E-state index in [1.54, 1.807) is 16.9 Å². The van der Waals surface area contributed by atoms with Gasteiger partial charge in [-0.3, -0.25) is 4.79 Å². The van der Waals surface area contributed by atoms with E-state index in [2.05, 4.69) is 5.10 Å². The van der Waals surface area contributed by atoms with Crippen LogP contribution in [-0.4, -0.2) is 41.6 Å². The fourth-order valence-electron chi connectivity index (χ4n) is 3.84. The van der Waals surface area contributed by atoms with Crippen LogP contribution in [0.4, 0.5) is 13.2 Å². The summed E-state index contributed by atoms with van der Waals surface area (Å²) in [5.41, 5.74) is 0.448. The van der Waals surface area contributed by atoms with E-state index in [1.165, 1.54) is 6.07 Å². The van der Waals surface area contributed by atoms with Crippen LogP contribution < -0.4 is 0 Å². The van der Waals surface area contributed by atoms with Gasteiger partial charge in [-0.1, -0.05) is 24.3 Å². The maximum atomic E-state index is 13.3. The van der Waals surface area contributed by atoms with Gasteiger partial charge in [-0.15, -0.1) is 0 Å². The second-order valence-corrected chi connectivity index (χ2v) is 9.80. The molecule has 2 heterocycles. The highest BCUT2D eigenvalue weighted by Gasteiger charge is 2.40. The Balaban J connectivity index is 1.33. The van der Waals surface area contributed by atoms with Crippen LogP contribution in [0.3, 0.4) is 0 Å². The molecule has 0 amide bonds. The second kappa shape index (κ2) is 9.59. The molecule has 11 heteroatoms. The minimum absolute atomic E-state index is 0.0626. The summed E-state index contributed by atoms with van der Waals surface area (Å²) >= 11 is 0. The normalized spacial score (nSPS) is 15.9. The topological polar surface area (TPSA) is 81.5 Å². The lowest BCUT2D eigenvalue weighted by Gasteiger charge is -2.30. The van der Waals surface area contributed by atoms with Crippen LogP contribution in [0.1, 0.15) is 24.0 Å². The van der Waals surface area contributed by atoms with Gasteiger partial charge in [0, 0.05) is 25.5 Å². The molecule has 1 aliphatic heterocycles. The van der Waals surface area contributed by atoms with Gasteiger partial charge >= 0.3 is 12.1 Å². The lowest BCUT2D eigenvalue weighted by atomic mass is 9.98. The number of alkyl halides is 3. The summed E-state index contributed by atoms with van der Waals surface area (Å²) in [6, 6.07) is 13.2. The molecule has 7 nitrogen and oxygen atoms in total. The van der Waals surface area contributed by atoms with Gasteiger partial charge < -0.3 is 4.74 Å². The Bertz CT molecular complexity index is 1240. The van der Waals surface area contributed by atoms with Crippen molar-refractivity contribution in [3.8, 4) is 5.69 Å². The molecule has 1 saturated heterocycles. The number of esters is 1. The number of carbonyl (C=O) groups excluding carboxylic acids is 1. The van der Waals surface area contributed by atoms with Crippen molar-refractivity contribution in [2.75, 3.05) is 13.1 Å². The summed E-state index contributed by atoms with van der Waals surface area (Å²) in [5.74, 6) is -0.975. The molecular formula is C23H22F3N3O4S. The van der Waals surface area contributed by atoms with Crippen LogP contribution in [0.25, 0.3) is 5.69 Å². The van der Waals surface area contributed by atoms with Crippen molar-refractivity contribution in [2.45, 2.75) is 30.5 Å². The van der Waals surface area contributed by atoms with Crippen molar-refractivity contribution < 1.29 is 31.1 Å². The molecule has 1 fully saturated rings. The molecule has 180 valence electrons. The minimum Gasteiger partial charge on any atom is -0.461 e. The molecule has 0 spiro atoms. The van der Waals surface area contributed by atoms with E-state index in [9.17, 15) is 26.4 Å². The summed E-state index contributed by atoms with van der Waals surface area (Å²) < 4.78 is 73.7. The lowest BCUT2D eigenvalue weighted by Crippen LogP contribution is -2.41. The fraction of sp³-hybridized carbons (Fsp3) is 0.304. The van der Waals surface area contributed by atoms with Gasteiger partial charge in [-0.2, -0.15) is 22.6 Å². The van der Waals surface area contributed by atoms with E-state index in [0.29, 0.717) is 0 Å². The highest BCUT2D eigenvalue weighted by atomic mass is 32.2. The Morgan fingerprint density at radius 1 is 1.03 bits per heavy atom. The van der Waals surface area contributed by atoms with Crippen molar-refractivity contribution in [1.29, 1.82) is 0 Å².